The lowest BCUT2D eigenvalue weighted by molar-refractivity contribution is -0.122. The van der Waals surface area contributed by atoms with Crippen molar-refractivity contribution in [1.29, 1.82) is 0 Å². The molecular weight excluding hydrogens is 262 g/mol. The second-order valence-corrected chi connectivity index (χ2v) is 7.66. The van der Waals surface area contributed by atoms with Crippen LogP contribution in [-0.2, 0) is 9.47 Å². The number of nitrogens with two attached hydrogens (primary N) is 1. The Balaban J connectivity index is 1.45. The first-order valence-electron chi connectivity index (χ1n) is 9.22. The Labute approximate surface area is 129 Å². The van der Waals surface area contributed by atoms with Crippen molar-refractivity contribution in [1.82, 2.24) is 0 Å². The van der Waals surface area contributed by atoms with E-state index < -0.39 is 0 Å². The van der Waals surface area contributed by atoms with Gasteiger partial charge in [0, 0.05) is 19.3 Å². The Kier molecular flexibility index (Phi) is 5.23. The topological polar surface area (TPSA) is 44.5 Å². The molecule has 1 heterocycles. The third kappa shape index (κ3) is 3.80. The molecule has 2 saturated carbocycles. The first-order valence-corrected chi connectivity index (χ1v) is 9.22. The molecule has 0 aromatic rings. The van der Waals surface area contributed by atoms with Crippen LogP contribution in [0.4, 0.5) is 0 Å². The summed E-state index contributed by atoms with van der Waals surface area (Å²) in [5, 5.41) is 0. The normalized spacial score (nSPS) is 37.1. The predicted octanol–water partition coefficient (Wildman–Crippen LogP) is 3.65. The van der Waals surface area contributed by atoms with E-state index in [0.717, 1.165) is 19.1 Å². The van der Waals surface area contributed by atoms with Crippen LogP contribution in [0, 0.1) is 11.8 Å². The molecule has 122 valence electrons. The first-order chi connectivity index (χ1) is 10.2. The average molecular weight is 295 g/mol. The summed E-state index contributed by atoms with van der Waals surface area (Å²) >= 11 is 0. The maximum absolute atomic E-state index is 6.57. The van der Waals surface area contributed by atoms with Gasteiger partial charge < -0.3 is 15.2 Å². The van der Waals surface area contributed by atoms with Gasteiger partial charge in [-0.25, -0.2) is 0 Å². The molecule has 1 aliphatic heterocycles. The fourth-order valence-electron chi connectivity index (χ4n) is 4.79. The van der Waals surface area contributed by atoms with Gasteiger partial charge in [0.15, 0.2) is 0 Å². The third-order valence-corrected chi connectivity index (χ3v) is 6.10. The van der Waals surface area contributed by atoms with Crippen LogP contribution in [0.5, 0.6) is 0 Å². The van der Waals surface area contributed by atoms with E-state index in [1.807, 2.05) is 0 Å². The lowest BCUT2D eigenvalue weighted by Gasteiger charge is -2.46. The van der Waals surface area contributed by atoms with Gasteiger partial charge in [0.05, 0.1) is 11.7 Å². The molecule has 0 bridgehead atoms. The van der Waals surface area contributed by atoms with Crippen LogP contribution in [0.3, 0.4) is 0 Å². The Morgan fingerprint density at radius 2 is 2.00 bits per heavy atom. The molecule has 3 rings (SSSR count). The maximum Gasteiger partial charge on any atom is 0.0685 e. The summed E-state index contributed by atoms with van der Waals surface area (Å²) in [5.41, 5.74) is 6.77. The molecule has 3 aliphatic rings. The van der Waals surface area contributed by atoms with Crippen molar-refractivity contribution in [2.24, 2.45) is 17.6 Å². The lowest BCUT2D eigenvalue weighted by atomic mass is 9.71. The van der Waals surface area contributed by atoms with E-state index in [0.29, 0.717) is 18.1 Å². The maximum atomic E-state index is 6.57. The van der Waals surface area contributed by atoms with Crippen molar-refractivity contribution in [2.45, 2.75) is 88.9 Å². The van der Waals surface area contributed by atoms with E-state index >= 15 is 0 Å². The van der Waals surface area contributed by atoms with Crippen molar-refractivity contribution in [3.63, 3.8) is 0 Å². The van der Waals surface area contributed by atoms with E-state index in [1.165, 1.54) is 64.2 Å². The fraction of sp³-hybridized carbons (Fsp3) is 1.00. The van der Waals surface area contributed by atoms with Gasteiger partial charge in [-0.05, 0) is 63.7 Å². The molecule has 0 aromatic carbocycles. The number of ether oxygens (including phenoxy) is 2. The smallest absolute Gasteiger partial charge is 0.0685 e. The van der Waals surface area contributed by atoms with Gasteiger partial charge >= 0.3 is 0 Å². The zero-order valence-corrected chi connectivity index (χ0v) is 13.7. The lowest BCUT2D eigenvalue weighted by Crippen LogP contribution is -2.47. The van der Waals surface area contributed by atoms with Crippen molar-refractivity contribution in [3.8, 4) is 0 Å². The highest BCUT2D eigenvalue weighted by atomic mass is 16.5. The van der Waals surface area contributed by atoms with Crippen LogP contribution >= 0.6 is 0 Å². The minimum Gasteiger partial charge on any atom is -0.378 e. The summed E-state index contributed by atoms with van der Waals surface area (Å²) in [6.45, 7) is 3.88. The summed E-state index contributed by atoms with van der Waals surface area (Å²) in [7, 11) is 0. The summed E-state index contributed by atoms with van der Waals surface area (Å²) in [6, 6.07) is 0.375. The summed E-state index contributed by atoms with van der Waals surface area (Å²) < 4.78 is 11.9. The van der Waals surface area contributed by atoms with Crippen molar-refractivity contribution in [2.75, 3.05) is 13.2 Å². The molecule has 3 fully saturated rings. The Morgan fingerprint density at radius 1 is 1.24 bits per heavy atom. The van der Waals surface area contributed by atoms with Gasteiger partial charge in [-0.3, -0.25) is 0 Å². The number of rotatable bonds is 5. The molecule has 2 unspecified atom stereocenters. The van der Waals surface area contributed by atoms with Gasteiger partial charge in [-0.15, -0.1) is 0 Å². The minimum atomic E-state index is 0.201. The van der Waals surface area contributed by atoms with E-state index in [2.05, 4.69) is 6.92 Å². The van der Waals surface area contributed by atoms with Crippen molar-refractivity contribution >= 4 is 0 Å². The highest BCUT2D eigenvalue weighted by molar-refractivity contribution is 4.94. The Hall–Kier alpha value is -0.120. The highest BCUT2D eigenvalue weighted by Crippen LogP contribution is 2.43. The molecule has 3 nitrogen and oxygen atoms in total. The van der Waals surface area contributed by atoms with Crippen LogP contribution < -0.4 is 5.73 Å². The van der Waals surface area contributed by atoms with Gasteiger partial charge in [0.1, 0.15) is 0 Å². The molecule has 2 atom stereocenters. The van der Waals surface area contributed by atoms with Crippen LogP contribution in [0.15, 0.2) is 0 Å². The quantitative estimate of drug-likeness (QED) is 0.842. The first kappa shape index (κ1) is 15.8. The van der Waals surface area contributed by atoms with Crippen LogP contribution in [-0.4, -0.2) is 31.0 Å². The molecule has 21 heavy (non-hydrogen) atoms. The van der Waals surface area contributed by atoms with E-state index in [-0.39, 0.29) is 5.60 Å². The second-order valence-electron chi connectivity index (χ2n) is 7.66. The Bertz CT molecular complexity index is 316. The molecule has 2 aliphatic carbocycles. The van der Waals surface area contributed by atoms with Gasteiger partial charge in [-0.2, -0.15) is 0 Å². The minimum absolute atomic E-state index is 0.201. The number of hydrogen-bond acceptors (Lipinski definition) is 3. The molecule has 2 N–H and O–H groups in total. The molecule has 0 aromatic heterocycles. The second kappa shape index (κ2) is 6.97. The van der Waals surface area contributed by atoms with Crippen LogP contribution in [0.1, 0.15) is 71.1 Å². The van der Waals surface area contributed by atoms with Crippen molar-refractivity contribution in [3.05, 3.63) is 0 Å². The largest absolute Gasteiger partial charge is 0.378 e. The fourth-order valence-corrected chi connectivity index (χ4v) is 4.79. The monoisotopic (exact) mass is 295 g/mol. The molecule has 3 heteroatoms. The van der Waals surface area contributed by atoms with E-state index in [1.54, 1.807) is 0 Å². The van der Waals surface area contributed by atoms with Crippen LogP contribution in [0.2, 0.25) is 0 Å². The average Bonchev–Trinajstić information content (AvgIpc) is 2.46. The van der Waals surface area contributed by atoms with Gasteiger partial charge in [0.25, 0.3) is 0 Å². The molecule has 0 radical (unpaired) electrons. The molecular formula is C18H33NO2. The highest BCUT2D eigenvalue weighted by Gasteiger charge is 2.41. The van der Waals surface area contributed by atoms with E-state index in [4.69, 9.17) is 15.2 Å². The summed E-state index contributed by atoms with van der Waals surface area (Å²) in [4.78, 5) is 0. The predicted molar refractivity (Wildman–Crippen MR) is 85.2 cm³/mol. The standard InChI is InChI=1S/C18H33NO2/c1-2-20-16-10-14(11-16)12-17(19)15-6-9-21-18(13-15)7-4-3-5-8-18/h14-17H,2-13,19H2,1H3. The Morgan fingerprint density at radius 3 is 2.71 bits per heavy atom. The van der Waals surface area contributed by atoms with Crippen molar-refractivity contribution < 1.29 is 9.47 Å². The summed E-state index contributed by atoms with van der Waals surface area (Å²) in [6.07, 6.45) is 13.2. The third-order valence-electron chi connectivity index (χ3n) is 6.10. The zero-order valence-electron chi connectivity index (χ0n) is 13.7. The molecule has 1 saturated heterocycles. The van der Waals surface area contributed by atoms with Gasteiger partial charge in [0.2, 0.25) is 0 Å². The zero-order chi connectivity index (χ0) is 14.7. The van der Waals surface area contributed by atoms with Gasteiger partial charge in [-0.1, -0.05) is 19.3 Å². The SMILES string of the molecule is CCOC1CC(CC(N)C2CCOC3(CCCCC3)C2)C1. The number of hydrogen-bond donors (Lipinski definition) is 1. The summed E-state index contributed by atoms with van der Waals surface area (Å²) in [5.74, 6) is 1.49. The molecule has 1 spiro atoms. The molecule has 0 amide bonds. The van der Waals surface area contributed by atoms with Crippen LogP contribution in [0.25, 0.3) is 0 Å². The van der Waals surface area contributed by atoms with E-state index in [9.17, 15) is 0 Å².